The van der Waals surface area contributed by atoms with Crippen LogP contribution in [0.15, 0.2) is 36.4 Å². The van der Waals surface area contributed by atoms with Crippen molar-refractivity contribution in [2.24, 2.45) is 5.84 Å². The Kier molecular flexibility index (Phi) is 5.63. The third kappa shape index (κ3) is 3.62. The predicted octanol–water partition coefficient (Wildman–Crippen LogP) is 4.48. The topological polar surface area (TPSA) is 38.0 Å². The molecule has 2 nitrogen and oxygen atoms in total. The number of nitrogens with two attached hydrogens (primary N) is 1. The summed E-state index contributed by atoms with van der Waals surface area (Å²) >= 11 is 14.2. The molecule has 0 fully saturated rings. The van der Waals surface area contributed by atoms with E-state index < -0.39 is 5.82 Å². The van der Waals surface area contributed by atoms with E-state index in [0.29, 0.717) is 17.0 Å². The Labute approximate surface area is 140 Å². The molecule has 0 bridgehead atoms. The van der Waals surface area contributed by atoms with Crippen LogP contribution in [-0.2, 0) is 6.42 Å². The minimum atomic E-state index is -0.430. The van der Waals surface area contributed by atoms with Gasteiger partial charge in [0.1, 0.15) is 5.82 Å². The van der Waals surface area contributed by atoms with E-state index in [1.165, 1.54) is 6.07 Å². The molecule has 106 valence electrons. The molecule has 1 unspecified atom stereocenters. The van der Waals surface area contributed by atoms with Gasteiger partial charge in [-0.05, 0) is 64.4 Å². The van der Waals surface area contributed by atoms with E-state index in [9.17, 15) is 4.39 Å². The molecule has 6 heteroatoms. The molecule has 0 radical (unpaired) electrons. The summed E-state index contributed by atoms with van der Waals surface area (Å²) in [4.78, 5) is 0. The number of benzene rings is 2. The Balaban J connectivity index is 2.34. The number of hydrogen-bond acceptors (Lipinski definition) is 2. The molecule has 2 aromatic rings. The van der Waals surface area contributed by atoms with Crippen LogP contribution in [0.2, 0.25) is 10.0 Å². The van der Waals surface area contributed by atoms with E-state index in [1.54, 1.807) is 12.1 Å². The standard InChI is InChI=1S/C14H12Cl2FIN2/c15-9-4-5-12(18)10(7-9)13(20-19)6-8-2-1-3-11(17)14(8)16/h1-5,7,13,20H,6,19H2. The van der Waals surface area contributed by atoms with E-state index in [-0.39, 0.29) is 11.1 Å². The molecular formula is C14H12Cl2FIN2. The molecule has 2 aromatic carbocycles. The predicted molar refractivity (Wildman–Crippen MR) is 89.3 cm³/mol. The van der Waals surface area contributed by atoms with Gasteiger partial charge in [-0.15, -0.1) is 0 Å². The van der Waals surface area contributed by atoms with Crippen LogP contribution in [0.5, 0.6) is 0 Å². The van der Waals surface area contributed by atoms with E-state index in [2.05, 4.69) is 28.0 Å². The smallest absolute Gasteiger partial charge is 0.142 e. The van der Waals surface area contributed by atoms with Crippen molar-refractivity contribution in [2.45, 2.75) is 12.5 Å². The van der Waals surface area contributed by atoms with Crippen LogP contribution in [0.25, 0.3) is 0 Å². The largest absolute Gasteiger partial charge is 0.271 e. The van der Waals surface area contributed by atoms with Gasteiger partial charge in [0, 0.05) is 8.59 Å². The summed E-state index contributed by atoms with van der Waals surface area (Å²) in [7, 11) is 0. The molecule has 2 rings (SSSR count). The molecule has 0 aliphatic rings. The van der Waals surface area contributed by atoms with Crippen LogP contribution in [0.4, 0.5) is 4.39 Å². The van der Waals surface area contributed by atoms with Crippen LogP contribution < -0.4 is 11.3 Å². The average molecular weight is 425 g/mol. The summed E-state index contributed by atoms with van der Waals surface area (Å²) in [6.07, 6.45) is 0.476. The van der Waals surface area contributed by atoms with Gasteiger partial charge < -0.3 is 0 Å². The van der Waals surface area contributed by atoms with Gasteiger partial charge in [-0.2, -0.15) is 0 Å². The molecule has 0 heterocycles. The first-order valence-corrected chi connectivity index (χ1v) is 7.70. The third-order valence-electron chi connectivity index (χ3n) is 2.99. The van der Waals surface area contributed by atoms with Crippen LogP contribution in [0.1, 0.15) is 17.2 Å². The number of halogens is 4. The molecule has 20 heavy (non-hydrogen) atoms. The average Bonchev–Trinajstić information content (AvgIpc) is 2.43. The first kappa shape index (κ1) is 16.0. The molecule has 0 aromatic heterocycles. The van der Waals surface area contributed by atoms with E-state index >= 15 is 0 Å². The highest BCUT2D eigenvalue weighted by atomic mass is 127. The molecule has 0 saturated heterocycles. The minimum Gasteiger partial charge on any atom is -0.271 e. The lowest BCUT2D eigenvalue weighted by atomic mass is 9.99. The zero-order valence-corrected chi connectivity index (χ0v) is 14.0. The van der Waals surface area contributed by atoms with Crippen molar-refractivity contribution in [3.05, 3.63) is 67.0 Å². The lowest BCUT2D eigenvalue weighted by molar-refractivity contribution is 0.546. The van der Waals surface area contributed by atoms with Gasteiger partial charge in [0.25, 0.3) is 0 Å². The highest BCUT2D eigenvalue weighted by molar-refractivity contribution is 14.1. The van der Waals surface area contributed by atoms with Crippen molar-refractivity contribution < 1.29 is 4.39 Å². The highest BCUT2D eigenvalue weighted by Gasteiger charge is 2.17. The highest BCUT2D eigenvalue weighted by Crippen LogP contribution is 2.29. The first-order valence-electron chi connectivity index (χ1n) is 5.87. The minimum absolute atomic E-state index is 0.129. The van der Waals surface area contributed by atoms with E-state index in [1.807, 2.05) is 18.2 Å². The summed E-state index contributed by atoms with van der Waals surface area (Å²) in [5, 5.41) is 0.760. The number of hydrogen-bond donors (Lipinski definition) is 2. The zero-order chi connectivity index (χ0) is 14.7. The van der Waals surface area contributed by atoms with Crippen molar-refractivity contribution in [1.82, 2.24) is 5.43 Å². The Morgan fingerprint density at radius 1 is 1.25 bits per heavy atom. The summed E-state index contributed by atoms with van der Waals surface area (Å²) in [6.45, 7) is 0. The van der Waals surface area contributed by atoms with E-state index in [4.69, 9.17) is 29.0 Å². The molecule has 1 atom stereocenters. The molecule has 0 aliphatic carbocycles. The van der Waals surface area contributed by atoms with Crippen LogP contribution in [0, 0.1) is 9.39 Å². The second-order valence-electron chi connectivity index (χ2n) is 4.30. The molecule has 0 spiro atoms. The second kappa shape index (κ2) is 7.04. The molecule has 3 N–H and O–H groups in total. The zero-order valence-electron chi connectivity index (χ0n) is 10.3. The van der Waals surface area contributed by atoms with Crippen LogP contribution >= 0.6 is 45.8 Å². The van der Waals surface area contributed by atoms with E-state index in [0.717, 1.165) is 9.13 Å². The first-order chi connectivity index (χ1) is 9.52. The summed E-state index contributed by atoms with van der Waals surface area (Å²) in [5.41, 5.74) is 4.40. The Morgan fingerprint density at radius 2 is 2.00 bits per heavy atom. The lowest BCUT2D eigenvalue weighted by Gasteiger charge is -2.19. The molecule has 0 saturated carbocycles. The van der Waals surface area contributed by atoms with Gasteiger partial charge in [-0.1, -0.05) is 35.3 Å². The lowest BCUT2D eigenvalue weighted by Crippen LogP contribution is -2.30. The molecule has 0 amide bonds. The number of nitrogens with one attached hydrogen (secondary N) is 1. The monoisotopic (exact) mass is 424 g/mol. The Bertz CT molecular complexity index is 622. The van der Waals surface area contributed by atoms with Gasteiger partial charge in [-0.3, -0.25) is 11.3 Å². The van der Waals surface area contributed by atoms with Gasteiger partial charge in [0.2, 0.25) is 0 Å². The maximum absolute atomic E-state index is 13.5. The molecule has 0 aliphatic heterocycles. The van der Waals surface area contributed by atoms with Gasteiger partial charge in [0.05, 0.1) is 11.1 Å². The number of rotatable bonds is 4. The fraction of sp³-hybridized carbons (Fsp3) is 0.143. The maximum atomic E-state index is 13.5. The Hall–Kier alpha value is -0.400. The fourth-order valence-electron chi connectivity index (χ4n) is 1.97. The van der Waals surface area contributed by atoms with Gasteiger partial charge in [0.15, 0.2) is 0 Å². The normalized spacial score (nSPS) is 12.4. The Morgan fingerprint density at radius 3 is 2.70 bits per heavy atom. The van der Waals surface area contributed by atoms with Gasteiger partial charge >= 0.3 is 0 Å². The van der Waals surface area contributed by atoms with Crippen molar-refractivity contribution in [2.75, 3.05) is 0 Å². The van der Waals surface area contributed by atoms with Crippen LogP contribution in [0.3, 0.4) is 0 Å². The van der Waals surface area contributed by atoms with Crippen molar-refractivity contribution in [3.63, 3.8) is 0 Å². The maximum Gasteiger partial charge on any atom is 0.142 e. The summed E-state index contributed by atoms with van der Waals surface area (Å²) in [6, 6.07) is 10.1. The van der Waals surface area contributed by atoms with Crippen molar-refractivity contribution >= 4 is 45.8 Å². The third-order valence-corrected chi connectivity index (χ3v) is 4.63. The number of hydrazine groups is 1. The SMILES string of the molecule is NNC(Cc1cccc(F)c1Cl)c1cc(Cl)ccc1I. The second-order valence-corrected chi connectivity index (χ2v) is 6.28. The van der Waals surface area contributed by atoms with Crippen molar-refractivity contribution in [1.29, 1.82) is 0 Å². The molecular weight excluding hydrogens is 413 g/mol. The fourth-order valence-corrected chi connectivity index (χ4v) is 3.06. The summed E-state index contributed by atoms with van der Waals surface area (Å²) in [5.74, 6) is 5.20. The van der Waals surface area contributed by atoms with Gasteiger partial charge in [-0.25, -0.2) is 4.39 Å². The van der Waals surface area contributed by atoms with Crippen LogP contribution in [-0.4, -0.2) is 0 Å². The van der Waals surface area contributed by atoms with Crippen molar-refractivity contribution in [3.8, 4) is 0 Å². The summed E-state index contributed by atoms with van der Waals surface area (Å²) < 4.78 is 14.5. The quantitative estimate of drug-likeness (QED) is 0.431.